The van der Waals surface area contributed by atoms with Crippen LogP contribution in [0.3, 0.4) is 0 Å². The van der Waals surface area contributed by atoms with Gasteiger partial charge in [-0.1, -0.05) is 18.2 Å². The predicted octanol–water partition coefficient (Wildman–Crippen LogP) is 2.93. The maximum Gasteiger partial charge on any atom is 0.357 e. The molecule has 0 amide bonds. The van der Waals surface area contributed by atoms with Crippen molar-refractivity contribution in [2.45, 2.75) is 0 Å². The maximum absolute atomic E-state index is 12.6. The lowest BCUT2D eigenvalue weighted by Gasteiger charge is -2.07. The van der Waals surface area contributed by atoms with Crippen molar-refractivity contribution in [1.29, 1.82) is 0 Å². The van der Waals surface area contributed by atoms with Crippen molar-refractivity contribution in [3.8, 4) is 16.9 Å². The molecule has 1 aromatic heterocycles. The first-order valence-electron chi connectivity index (χ1n) is 8.59. The zero-order valence-corrected chi connectivity index (χ0v) is 16.2. The van der Waals surface area contributed by atoms with Gasteiger partial charge < -0.3 is 9.47 Å². The molecular formula is C19H14N4O8. The summed E-state index contributed by atoms with van der Waals surface area (Å²) in [4.78, 5) is 46.7. The molecule has 0 aliphatic rings. The summed E-state index contributed by atoms with van der Waals surface area (Å²) in [5, 5.41) is 27.4. The number of benzene rings is 2. The van der Waals surface area contributed by atoms with E-state index in [-0.39, 0.29) is 0 Å². The zero-order valence-electron chi connectivity index (χ0n) is 16.2. The molecule has 31 heavy (non-hydrogen) atoms. The molecule has 0 saturated carbocycles. The number of carbonyl (C=O) groups excluding carboxylic acids is 2. The minimum absolute atomic E-state index is 0.306. The second-order valence-electron chi connectivity index (χ2n) is 5.99. The van der Waals surface area contributed by atoms with Crippen LogP contribution in [0.2, 0.25) is 0 Å². The Kier molecular flexibility index (Phi) is 5.72. The average molecular weight is 426 g/mol. The van der Waals surface area contributed by atoms with Crippen molar-refractivity contribution in [3.05, 3.63) is 80.0 Å². The zero-order chi connectivity index (χ0) is 22.7. The number of hydrogen-bond acceptors (Lipinski definition) is 9. The van der Waals surface area contributed by atoms with Crippen molar-refractivity contribution in [1.82, 2.24) is 9.78 Å². The van der Waals surface area contributed by atoms with Gasteiger partial charge in [-0.05, 0) is 18.2 Å². The number of ether oxygens (including phenoxy) is 2. The van der Waals surface area contributed by atoms with E-state index >= 15 is 0 Å². The number of aromatic nitrogens is 2. The number of rotatable bonds is 6. The van der Waals surface area contributed by atoms with Gasteiger partial charge in [-0.2, -0.15) is 5.10 Å². The molecular weight excluding hydrogens is 412 g/mol. The fraction of sp³-hybridized carbons (Fsp3) is 0.105. The summed E-state index contributed by atoms with van der Waals surface area (Å²) in [6, 6.07) is 11.3. The molecule has 0 unspecified atom stereocenters. The highest BCUT2D eigenvalue weighted by Crippen LogP contribution is 2.40. The Morgan fingerprint density at radius 1 is 0.871 bits per heavy atom. The van der Waals surface area contributed by atoms with Gasteiger partial charge in [0.05, 0.1) is 29.8 Å². The Balaban J connectivity index is 2.52. The Morgan fingerprint density at radius 2 is 1.42 bits per heavy atom. The largest absolute Gasteiger partial charge is 0.465 e. The monoisotopic (exact) mass is 426 g/mol. The minimum Gasteiger partial charge on any atom is -0.465 e. The summed E-state index contributed by atoms with van der Waals surface area (Å²) >= 11 is 0. The second kappa shape index (κ2) is 8.41. The number of nitrogens with zero attached hydrogens (tertiary/aromatic N) is 4. The number of para-hydroxylation sites is 1. The van der Waals surface area contributed by atoms with Crippen LogP contribution in [0.25, 0.3) is 16.9 Å². The van der Waals surface area contributed by atoms with Crippen molar-refractivity contribution < 1.29 is 28.9 Å². The summed E-state index contributed by atoms with van der Waals surface area (Å²) < 4.78 is 10.5. The van der Waals surface area contributed by atoms with Gasteiger partial charge in [-0.3, -0.25) is 20.2 Å². The van der Waals surface area contributed by atoms with Gasteiger partial charge in [-0.25, -0.2) is 14.3 Å². The van der Waals surface area contributed by atoms with E-state index in [1.165, 1.54) is 0 Å². The van der Waals surface area contributed by atoms with Crippen LogP contribution in [-0.4, -0.2) is 45.8 Å². The fourth-order valence-corrected chi connectivity index (χ4v) is 3.00. The fourth-order valence-electron chi connectivity index (χ4n) is 3.00. The van der Waals surface area contributed by atoms with Gasteiger partial charge in [0.2, 0.25) is 0 Å². The molecule has 0 spiro atoms. The Labute approximate surface area is 173 Å². The molecule has 0 aliphatic heterocycles. The molecule has 0 fully saturated rings. The van der Waals surface area contributed by atoms with E-state index in [4.69, 9.17) is 9.47 Å². The number of nitro groups is 2. The van der Waals surface area contributed by atoms with Gasteiger partial charge in [0.15, 0.2) is 11.3 Å². The molecule has 3 aromatic rings. The minimum atomic E-state index is -1.08. The number of esters is 2. The summed E-state index contributed by atoms with van der Waals surface area (Å²) in [6.45, 7) is 0. The van der Waals surface area contributed by atoms with Crippen LogP contribution in [0.1, 0.15) is 20.8 Å². The second-order valence-corrected chi connectivity index (χ2v) is 5.99. The van der Waals surface area contributed by atoms with Crippen molar-refractivity contribution >= 4 is 23.3 Å². The third-order valence-corrected chi connectivity index (χ3v) is 4.31. The summed E-state index contributed by atoms with van der Waals surface area (Å²) in [7, 11) is 2.10. The van der Waals surface area contributed by atoms with Crippen LogP contribution >= 0.6 is 0 Å². The maximum atomic E-state index is 12.6. The quantitative estimate of drug-likeness (QED) is 0.328. The van der Waals surface area contributed by atoms with Crippen LogP contribution < -0.4 is 0 Å². The van der Waals surface area contributed by atoms with Gasteiger partial charge in [0, 0.05) is 12.1 Å². The highest BCUT2D eigenvalue weighted by Gasteiger charge is 2.37. The smallest absolute Gasteiger partial charge is 0.357 e. The van der Waals surface area contributed by atoms with Crippen LogP contribution in [0, 0.1) is 20.2 Å². The molecule has 1 heterocycles. The van der Waals surface area contributed by atoms with Gasteiger partial charge in [0.25, 0.3) is 11.4 Å². The first kappa shape index (κ1) is 21.1. The third-order valence-electron chi connectivity index (χ3n) is 4.31. The number of hydrogen-bond donors (Lipinski definition) is 0. The van der Waals surface area contributed by atoms with E-state index in [1.807, 2.05) is 0 Å². The number of methoxy groups -OCH3 is 2. The van der Waals surface area contributed by atoms with Crippen molar-refractivity contribution in [2.24, 2.45) is 0 Å². The van der Waals surface area contributed by atoms with E-state index in [0.717, 1.165) is 37.1 Å². The Hall–Kier alpha value is -4.61. The average Bonchev–Trinajstić information content (AvgIpc) is 3.18. The molecule has 2 aromatic carbocycles. The van der Waals surface area contributed by atoms with Crippen LogP contribution in [0.5, 0.6) is 0 Å². The lowest BCUT2D eigenvalue weighted by molar-refractivity contribution is -0.392. The molecule has 0 atom stereocenters. The number of carbonyl (C=O) groups is 2. The highest BCUT2D eigenvalue weighted by atomic mass is 16.6. The Morgan fingerprint density at radius 3 is 1.90 bits per heavy atom. The molecule has 0 saturated heterocycles. The normalized spacial score (nSPS) is 10.4. The molecule has 12 nitrogen and oxygen atoms in total. The van der Waals surface area contributed by atoms with Crippen LogP contribution in [0.15, 0.2) is 48.5 Å². The van der Waals surface area contributed by atoms with Gasteiger partial charge >= 0.3 is 11.9 Å². The summed E-state index contributed by atoms with van der Waals surface area (Å²) in [5.41, 5.74) is -2.95. The van der Waals surface area contributed by atoms with E-state index < -0.39 is 55.7 Å². The van der Waals surface area contributed by atoms with Gasteiger partial charge in [0.1, 0.15) is 11.3 Å². The van der Waals surface area contributed by atoms with Crippen molar-refractivity contribution in [3.63, 3.8) is 0 Å². The molecule has 0 radical (unpaired) electrons. The molecule has 0 bridgehead atoms. The third kappa shape index (κ3) is 3.69. The first-order valence-corrected chi connectivity index (χ1v) is 8.59. The standard InChI is InChI=1S/C19H14N4O8/c1-30-18(24)15-16(14-12(22(26)27)9-6-10-13(14)23(28)29)20-21(17(15)19(25)31-2)11-7-4-3-5-8-11/h3-10H,1-2H3. The first-order chi connectivity index (χ1) is 14.8. The van der Waals surface area contributed by atoms with E-state index in [0.29, 0.717) is 5.69 Å². The molecule has 0 aliphatic carbocycles. The van der Waals surface area contributed by atoms with Gasteiger partial charge in [-0.15, -0.1) is 0 Å². The molecule has 3 rings (SSSR count). The Bertz CT molecular complexity index is 1170. The number of nitro benzene ring substituents is 2. The summed E-state index contributed by atoms with van der Waals surface area (Å²) in [6.07, 6.45) is 0. The molecule has 12 heteroatoms. The van der Waals surface area contributed by atoms with Crippen molar-refractivity contribution in [2.75, 3.05) is 14.2 Å². The lowest BCUT2D eigenvalue weighted by atomic mass is 10.0. The lowest BCUT2D eigenvalue weighted by Crippen LogP contribution is -2.15. The van der Waals surface area contributed by atoms with E-state index in [1.54, 1.807) is 30.3 Å². The van der Waals surface area contributed by atoms with E-state index in [9.17, 15) is 29.8 Å². The SMILES string of the molecule is COC(=O)c1c(-c2c([N+](=O)[O-])cccc2[N+](=O)[O-])nn(-c2ccccc2)c1C(=O)OC. The summed E-state index contributed by atoms with van der Waals surface area (Å²) in [5.74, 6) is -2.07. The van der Waals surface area contributed by atoms with E-state index in [2.05, 4.69) is 5.10 Å². The molecule has 158 valence electrons. The van der Waals surface area contributed by atoms with Crippen LogP contribution in [-0.2, 0) is 9.47 Å². The van der Waals surface area contributed by atoms with Crippen LogP contribution in [0.4, 0.5) is 11.4 Å². The molecule has 0 N–H and O–H groups in total. The topological polar surface area (TPSA) is 157 Å². The predicted molar refractivity (Wildman–Crippen MR) is 105 cm³/mol. The highest BCUT2D eigenvalue weighted by molar-refractivity contribution is 6.08.